The summed E-state index contributed by atoms with van der Waals surface area (Å²) >= 11 is 0. The molecule has 2 unspecified atom stereocenters. The van der Waals surface area contributed by atoms with Crippen LogP contribution in [0.25, 0.3) is 61.4 Å². The number of para-hydroxylation sites is 3. The second kappa shape index (κ2) is 17.4. The number of imidazole rings is 1. The summed E-state index contributed by atoms with van der Waals surface area (Å²) in [6.45, 7) is 21.9. The van der Waals surface area contributed by atoms with E-state index < -0.39 is 14.0 Å². The second-order valence-corrected chi connectivity index (χ2v) is 21.3. The van der Waals surface area contributed by atoms with E-state index in [9.17, 15) is 0 Å². The molecule has 0 saturated heterocycles. The van der Waals surface area contributed by atoms with E-state index in [2.05, 4.69) is 130 Å². The van der Waals surface area contributed by atoms with E-state index in [-0.39, 0.29) is 20.1 Å². The second-order valence-electron chi connectivity index (χ2n) is 16.3. The van der Waals surface area contributed by atoms with Crippen molar-refractivity contribution in [1.82, 2.24) is 19.5 Å². The standard InChI is InChI=1S/C27H29N2.C23H25N2OSi.Ir/c1-5-19(3)22-15-12-16-23(20(4)6-2)26(22)29-25-18-11-10-17-24(25)28-27(29)21-13-8-7-9-14-21;1-14(2)19-12-20(24-13-21(19)27(4,5)6)18-9-7-8-16-17-11-10-15(3)25-23(17)26-22(16)18;/h7-13,15-20H,5-6H2,1-4H3;7-8,10-14H,1-6H3;/q2*-1;/i;14D;. The van der Waals surface area contributed by atoms with E-state index in [0.29, 0.717) is 17.5 Å². The van der Waals surface area contributed by atoms with Crippen LogP contribution in [-0.4, -0.2) is 27.6 Å². The van der Waals surface area contributed by atoms with Gasteiger partial charge in [-0.15, -0.1) is 54.1 Å². The molecule has 0 fully saturated rings. The Labute approximate surface area is 354 Å². The molecule has 8 aromatic rings. The van der Waals surface area contributed by atoms with Gasteiger partial charge in [0, 0.05) is 44.4 Å². The molecule has 0 aliphatic carbocycles. The Hall–Kier alpha value is -4.68. The SMILES string of the molecule is CCC(C)c1cccc(C(C)CC)c1-n1c(-c2[c-]cccc2)nc2ccccc21.[2H]C(C)(C)c1cc(-c2[c-]ccc3c2oc2nc(C)ccc23)ncc1[Si](C)(C)C.[Ir]. The van der Waals surface area contributed by atoms with Crippen LogP contribution in [0.15, 0.2) is 108 Å². The third kappa shape index (κ3) is 8.34. The summed E-state index contributed by atoms with van der Waals surface area (Å²) in [6.07, 6.45) is 4.18. The Morgan fingerprint density at radius 3 is 2.12 bits per heavy atom. The van der Waals surface area contributed by atoms with Crippen LogP contribution in [0, 0.1) is 19.1 Å². The Morgan fingerprint density at radius 1 is 0.772 bits per heavy atom. The predicted octanol–water partition coefficient (Wildman–Crippen LogP) is 13.3. The monoisotopic (exact) mass is 948 g/mol. The van der Waals surface area contributed by atoms with Crippen molar-refractivity contribution in [2.45, 2.75) is 98.7 Å². The molecule has 1 radical (unpaired) electrons. The van der Waals surface area contributed by atoms with Gasteiger partial charge in [-0.1, -0.05) is 114 Å². The molecule has 0 N–H and O–H groups in total. The summed E-state index contributed by atoms with van der Waals surface area (Å²) in [6, 6.07) is 40.1. The van der Waals surface area contributed by atoms with Crippen molar-refractivity contribution in [1.29, 1.82) is 0 Å². The van der Waals surface area contributed by atoms with Crippen molar-refractivity contribution in [2.75, 3.05) is 0 Å². The molecule has 4 aromatic heterocycles. The quantitative estimate of drug-likeness (QED) is 0.107. The molecule has 2 atom stereocenters. The number of aryl methyl sites for hydroxylation is 1. The van der Waals surface area contributed by atoms with Crippen molar-refractivity contribution in [2.24, 2.45) is 0 Å². The van der Waals surface area contributed by atoms with Crippen LogP contribution < -0.4 is 5.19 Å². The third-order valence-corrected chi connectivity index (χ3v) is 13.1. The van der Waals surface area contributed by atoms with Gasteiger partial charge in [-0.05, 0) is 83.8 Å². The molecule has 4 aromatic carbocycles. The molecule has 0 spiro atoms. The normalized spacial score (nSPS) is 13.2. The fourth-order valence-corrected chi connectivity index (χ4v) is 9.13. The van der Waals surface area contributed by atoms with Gasteiger partial charge in [0.1, 0.15) is 0 Å². The van der Waals surface area contributed by atoms with Gasteiger partial charge in [-0.3, -0.25) is 4.98 Å². The minimum Gasteiger partial charge on any atom is -0.486 e. The molecule has 0 amide bonds. The van der Waals surface area contributed by atoms with E-state index in [1.165, 1.54) is 22.0 Å². The first kappa shape index (κ1) is 40.5. The van der Waals surface area contributed by atoms with Gasteiger partial charge in [0.2, 0.25) is 5.71 Å². The molecule has 0 saturated carbocycles. The van der Waals surface area contributed by atoms with E-state index in [1.807, 2.05) is 63.4 Å². The maximum Gasteiger partial charge on any atom is 0.216 e. The van der Waals surface area contributed by atoms with E-state index >= 15 is 0 Å². The minimum atomic E-state index is -1.62. The van der Waals surface area contributed by atoms with Gasteiger partial charge in [-0.25, -0.2) is 4.98 Å². The maximum absolute atomic E-state index is 8.68. The van der Waals surface area contributed by atoms with E-state index in [0.717, 1.165) is 74.1 Å². The Kier molecular flexibility index (Phi) is 12.4. The maximum atomic E-state index is 8.68. The molecule has 0 aliphatic rings. The van der Waals surface area contributed by atoms with Crippen molar-refractivity contribution in [3.8, 4) is 28.3 Å². The van der Waals surface area contributed by atoms with E-state index in [1.54, 1.807) is 0 Å². The molecule has 8 rings (SSSR count). The molecule has 295 valence electrons. The zero-order chi connectivity index (χ0) is 40.6. The molecule has 0 bridgehead atoms. The van der Waals surface area contributed by atoms with Gasteiger partial charge in [-0.2, -0.15) is 0 Å². The number of hydrogen-bond donors (Lipinski definition) is 0. The van der Waals surface area contributed by atoms with Crippen molar-refractivity contribution >= 4 is 46.4 Å². The molecule has 57 heavy (non-hydrogen) atoms. The average Bonchev–Trinajstić information content (AvgIpc) is 3.78. The zero-order valence-corrected chi connectivity index (χ0v) is 38.3. The van der Waals surface area contributed by atoms with Crippen molar-refractivity contribution in [3.63, 3.8) is 0 Å². The Balaban J connectivity index is 0.000000192. The number of rotatable bonds is 9. The summed E-state index contributed by atoms with van der Waals surface area (Å²) in [4.78, 5) is 14.3. The van der Waals surface area contributed by atoms with Gasteiger partial charge in [0.05, 0.1) is 30.5 Å². The van der Waals surface area contributed by atoms with Gasteiger partial charge in [0.15, 0.2) is 0 Å². The molecule has 7 heteroatoms. The molecule has 5 nitrogen and oxygen atoms in total. The fraction of sp³-hybridized carbons (Fsp3) is 0.300. The van der Waals surface area contributed by atoms with Crippen LogP contribution in [-0.2, 0) is 20.1 Å². The number of fused-ring (bicyclic) bond motifs is 4. The van der Waals surface area contributed by atoms with Gasteiger partial charge >= 0.3 is 0 Å². The molecular weight excluding hydrogens is 893 g/mol. The van der Waals surface area contributed by atoms with Crippen molar-refractivity contribution < 1.29 is 25.9 Å². The molecule has 0 aliphatic heterocycles. The van der Waals surface area contributed by atoms with Gasteiger partial charge < -0.3 is 14.0 Å². The Bertz CT molecular complexity index is 2660. The van der Waals surface area contributed by atoms with Crippen LogP contribution in [0.2, 0.25) is 19.6 Å². The third-order valence-electron chi connectivity index (χ3n) is 11.1. The number of benzene rings is 4. The van der Waals surface area contributed by atoms with Crippen LogP contribution in [0.4, 0.5) is 0 Å². The van der Waals surface area contributed by atoms with Gasteiger partial charge in [0.25, 0.3) is 0 Å². The van der Waals surface area contributed by atoms with Crippen LogP contribution in [0.3, 0.4) is 0 Å². The zero-order valence-electron chi connectivity index (χ0n) is 35.9. The first-order chi connectivity index (χ1) is 27.2. The first-order valence-electron chi connectivity index (χ1n) is 20.5. The summed E-state index contributed by atoms with van der Waals surface area (Å²) in [5, 5.41) is 3.24. The topological polar surface area (TPSA) is 56.7 Å². The molecular formula is C50H54IrN4OSi-2. The van der Waals surface area contributed by atoms with Crippen molar-refractivity contribution in [3.05, 3.63) is 138 Å². The average molecular weight is 948 g/mol. The molecule has 4 heterocycles. The number of aromatic nitrogens is 4. The summed E-state index contributed by atoms with van der Waals surface area (Å²) in [7, 11) is -1.62. The number of hydrogen-bond acceptors (Lipinski definition) is 4. The number of pyridine rings is 2. The summed E-state index contributed by atoms with van der Waals surface area (Å²) in [5.41, 5.74) is 12.2. The Morgan fingerprint density at radius 2 is 1.47 bits per heavy atom. The summed E-state index contributed by atoms with van der Waals surface area (Å²) < 4.78 is 17.2. The van der Waals surface area contributed by atoms with Crippen LogP contribution >= 0.6 is 0 Å². The largest absolute Gasteiger partial charge is 0.486 e. The first-order valence-corrected chi connectivity index (χ1v) is 23.5. The summed E-state index contributed by atoms with van der Waals surface area (Å²) in [5.74, 6) is 1.21. The smallest absolute Gasteiger partial charge is 0.216 e. The van der Waals surface area contributed by atoms with E-state index in [4.69, 9.17) is 15.8 Å². The number of nitrogens with zero attached hydrogens (tertiary/aromatic N) is 4. The fourth-order valence-electron chi connectivity index (χ4n) is 7.55. The number of furan rings is 1. The minimum absolute atomic E-state index is 0. The van der Waals surface area contributed by atoms with Crippen LogP contribution in [0.5, 0.6) is 0 Å². The van der Waals surface area contributed by atoms with Crippen LogP contribution in [0.1, 0.15) is 95.9 Å². The predicted molar refractivity (Wildman–Crippen MR) is 238 cm³/mol.